The normalized spacial score (nSPS) is 10.7. The van der Waals surface area contributed by atoms with Gasteiger partial charge < -0.3 is 15.0 Å². The Hall–Kier alpha value is -3.71. The minimum absolute atomic E-state index is 0.141. The van der Waals surface area contributed by atoms with Crippen LogP contribution in [0.1, 0.15) is 26.5 Å². The van der Waals surface area contributed by atoms with Gasteiger partial charge in [-0.2, -0.15) is 0 Å². The maximum absolute atomic E-state index is 12.8. The van der Waals surface area contributed by atoms with Crippen LogP contribution in [-0.4, -0.2) is 37.0 Å². The molecule has 0 bridgehead atoms. The third-order valence-corrected chi connectivity index (χ3v) is 5.86. The maximum atomic E-state index is 12.8. The molecule has 0 aliphatic rings. The summed E-state index contributed by atoms with van der Waals surface area (Å²) in [7, 11) is 1.68. The topological polar surface area (TPSA) is 71.5 Å². The van der Waals surface area contributed by atoms with E-state index in [9.17, 15) is 9.59 Å². The van der Waals surface area contributed by atoms with Crippen LogP contribution in [0.3, 0.4) is 0 Å². The first-order valence-corrected chi connectivity index (χ1v) is 11.2. The highest BCUT2D eigenvalue weighted by Gasteiger charge is 2.20. The lowest BCUT2D eigenvalue weighted by Crippen LogP contribution is -2.31. The predicted molar refractivity (Wildman–Crippen MR) is 128 cm³/mol. The Morgan fingerprint density at radius 2 is 1.88 bits per heavy atom. The quantitative estimate of drug-likeness (QED) is 0.397. The van der Waals surface area contributed by atoms with Crippen LogP contribution in [0, 0.1) is 0 Å². The van der Waals surface area contributed by atoms with E-state index in [0.717, 1.165) is 16.7 Å². The van der Waals surface area contributed by atoms with E-state index < -0.39 is 0 Å². The lowest BCUT2D eigenvalue weighted by molar-refractivity contribution is 0.0952. The zero-order valence-corrected chi connectivity index (χ0v) is 18.5. The van der Waals surface area contributed by atoms with E-state index >= 15 is 0 Å². The van der Waals surface area contributed by atoms with E-state index in [2.05, 4.69) is 10.3 Å². The number of carbonyl (C=O) groups excluding carboxylic acids is 2. The van der Waals surface area contributed by atoms with Crippen LogP contribution in [-0.2, 0) is 0 Å². The number of anilines is 1. The van der Waals surface area contributed by atoms with E-state index in [-0.39, 0.29) is 11.8 Å². The number of amides is 2. The van der Waals surface area contributed by atoms with Gasteiger partial charge in [0, 0.05) is 25.2 Å². The van der Waals surface area contributed by atoms with Crippen LogP contribution in [0.5, 0.6) is 5.75 Å². The van der Waals surface area contributed by atoms with Gasteiger partial charge in [0.2, 0.25) is 0 Å². The van der Waals surface area contributed by atoms with E-state index in [4.69, 9.17) is 4.74 Å². The Balaban J connectivity index is 1.33. The van der Waals surface area contributed by atoms with Crippen molar-refractivity contribution >= 4 is 39.7 Å². The molecule has 4 aromatic rings. The summed E-state index contributed by atoms with van der Waals surface area (Å²) >= 11 is 1.38. The molecule has 0 fully saturated rings. The summed E-state index contributed by atoms with van der Waals surface area (Å²) in [5, 5.41) is 5.80. The molecule has 4 rings (SSSR count). The Morgan fingerprint density at radius 3 is 2.72 bits per heavy atom. The van der Waals surface area contributed by atoms with Gasteiger partial charge in [-0.1, -0.05) is 36.4 Å². The number of carbonyl (C=O) groups is 2. The van der Waals surface area contributed by atoms with Gasteiger partial charge in [0.15, 0.2) is 0 Å². The first kappa shape index (κ1) is 21.5. The molecule has 0 aliphatic carbocycles. The molecule has 2 aromatic heterocycles. The average molecular weight is 446 g/mol. The molecule has 32 heavy (non-hydrogen) atoms. The van der Waals surface area contributed by atoms with Crippen molar-refractivity contribution in [2.75, 3.05) is 25.1 Å². The number of fused-ring (bicyclic) bond motifs is 1. The van der Waals surface area contributed by atoms with Gasteiger partial charge in [-0.3, -0.25) is 14.6 Å². The van der Waals surface area contributed by atoms with E-state index in [1.165, 1.54) is 16.2 Å². The van der Waals surface area contributed by atoms with Crippen molar-refractivity contribution in [3.05, 3.63) is 88.7 Å². The second kappa shape index (κ2) is 10.1. The summed E-state index contributed by atoms with van der Waals surface area (Å²) in [6.07, 6.45) is 2.38. The summed E-state index contributed by atoms with van der Waals surface area (Å²) in [6, 6.07) is 20.4. The second-order valence-corrected chi connectivity index (χ2v) is 8.10. The second-order valence-electron chi connectivity index (χ2n) is 7.15. The molecule has 0 saturated heterocycles. The summed E-state index contributed by atoms with van der Waals surface area (Å²) in [6.45, 7) is 0.905. The Kier molecular flexibility index (Phi) is 6.77. The third-order valence-electron chi connectivity index (χ3n) is 5.01. The Morgan fingerprint density at radius 1 is 1.03 bits per heavy atom. The number of nitrogens with one attached hydrogen (secondary N) is 1. The van der Waals surface area contributed by atoms with Crippen LogP contribution in [0.4, 0.5) is 5.69 Å². The molecule has 0 unspecified atom stereocenters. The van der Waals surface area contributed by atoms with E-state index in [0.29, 0.717) is 35.7 Å². The molecule has 7 heteroatoms. The number of nitrogens with zero attached hydrogens (tertiary/aromatic N) is 2. The van der Waals surface area contributed by atoms with Gasteiger partial charge >= 0.3 is 0 Å². The van der Waals surface area contributed by atoms with E-state index in [1.807, 2.05) is 47.8 Å². The number of benzene rings is 2. The molecule has 0 saturated carbocycles. The van der Waals surface area contributed by atoms with Crippen molar-refractivity contribution in [3.63, 3.8) is 0 Å². The average Bonchev–Trinajstić information content (AvgIpc) is 3.38. The molecular weight excluding hydrogens is 422 g/mol. The maximum Gasteiger partial charge on any atom is 0.268 e. The highest BCUT2D eigenvalue weighted by Crippen LogP contribution is 2.24. The fraction of sp³-hybridized carbons (Fsp3) is 0.160. The van der Waals surface area contributed by atoms with Crippen LogP contribution >= 0.6 is 11.3 Å². The largest absolute Gasteiger partial charge is 0.491 e. The van der Waals surface area contributed by atoms with Gasteiger partial charge in [-0.05, 0) is 42.1 Å². The first-order chi connectivity index (χ1) is 15.6. The number of thiophene rings is 1. The van der Waals surface area contributed by atoms with Crippen molar-refractivity contribution in [2.45, 2.75) is 6.42 Å². The summed E-state index contributed by atoms with van der Waals surface area (Å²) in [5.74, 6) is 0.365. The molecule has 0 spiro atoms. The zero-order valence-electron chi connectivity index (χ0n) is 17.7. The fourth-order valence-electron chi connectivity index (χ4n) is 3.38. The minimum atomic E-state index is -0.224. The smallest absolute Gasteiger partial charge is 0.268 e. The lowest BCUT2D eigenvalue weighted by atomic mass is 10.1. The van der Waals surface area contributed by atoms with Gasteiger partial charge in [0.1, 0.15) is 11.3 Å². The standard InChI is InChI=1S/C25H23N3O3S/c1-28(25(30)22-13-6-17-32-22)20-11-3-2-10-19(20)24(29)27-15-7-16-31-21-12-4-8-18-9-5-14-26-23(18)21/h2-6,8-14,17H,7,15-16H2,1H3,(H,27,29). The van der Waals surface area contributed by atoms with Crippen LogP contribution < -0.4 is 15.0 Å². The molecule has 2 aromatic carbocycles. The molecule has 2 heterocycles. The molecule has 1 N–H and O–H groups in total. The highest BCUT2D eigenvalue weighted by atomic mass is 32.1. The number of ether oxygens (including phenoxy) is 1. The van der Waals surface area contributed by atoms with Crippen molar-refractivity contribution in [3.8, 4) is 5.75 Å². The summed E-state index contributed by atoms with van der Waals surface area (Å²) < 4.78 is 5.88. The van der Waals surface area contributed by atoms with Gasteiger partial charge in [0.05, 0.1) is 22.7 Å². The molecule has 0 aliphatic heterocycles. The van der Waals surface area contributed by atoms with Crippen molar-refractivity contribution in [1.29, 1.82) is 0 Å². The number of para-hydroxylation sites is 2. The number of hydrogen-bond donors (Lipinski definition) is 1. The molecule has 162 valence electrons. The van der Waals surface area contributed by atoms with Crippen LogP contribution in [0.2, 0.25) is 0 Å². The summed E-state index contributed by atoms with van der Waals surface area (Å²) in [4.78, 5) is 32.0. The molecule has 0 radical (unpaired) electrons. The van der Waals surface area contributed by atoms with Gasteiger partial charge in [-0.15, -0.1) is 11.3 Å². The minimum Gasteiger partial charge on any atom is -0.491 e. The Labute approximate surface area is 190 Å². The highest BCUT2D eigenvalue weighted by molar-refractivity contribution is 7.12. The van der Waals surface area contributed by atoms with Crippen LogP contribution in [0.15, 0.2) is 78.3 Å². The van der Waals surface area contributed by atoms with Crippen molar-refractivity contribution in [1.82, 2.24) is 10.3 Å². The van der Waals surface area contributed by atoms with Crippen LogP contribution in [0.25, 0.3) is 10.9 Å². The van der Waals surface area contributed by atoms with Gasteiger partial charge in [-0.25, -0.2) is 0 Å². The lowest BCUT2D eigenvalue weighted by Gasteiger charge is -2.20. The van der Waals surface area contributed by atoms with Crippen molar-refractivity contribution in [2.24, 2.45) is 0 Å². The first-order valence-electron chi connectivity index (χ1n) is 10.3. The molecular formula is C25H23N3O3S. The van der Waals surface area contributed by atoms with E-state index in [1.54, 1.807) is 37.5 Å². The molecule has 0 atom stereocenters. The monoisotopic (exact) mass is 445 g/mol. The summed E-state index contributed by atoms with van der Waals surface area (Å²) in [5.41, 5.74) is 1.85. The number of rotatable bonds is 8. The Bertz CT molecular complexity index is 1220. The fourth-order valence-corrected chi connectivity index (χ4v) is 4.08. The van der Waals surface area contributed by atoms with Gasteiger partial charge in [0.25, 0.3) is 11.8 Å². The number of aromatic nitrogens is 1. The SMILES string of the molecule is CN(C(=O)c1cccs1)c1ccccc1C(=O)NCCCOc1cccc2cccnc12. The predicted octanol–water partition coefficient (Wildman–Crippen LogP) is 4.77. The molecule has 2 amide bonds. The zero-order chi connectivity index (χ0) is 22.3. The molecule has 6 nitrogen and oxygen atoms in total. The van der Waals surface area contributed by atoms with Crippen molar-refractivity contribution < 1.29 is 14.3 Å². The number of hydrogen-bond acceptors (Lipinski definition) is 5. The third kappa shape index (κ3) is 4.78. The number of pyridine rings is 1.